The van der Waals surface area contributed by atoms with Crippen molar-refractivity contribution in [2.45, 2.75) is 20.3 Å². The third-order valence-corrected chi connectivity index (χ3v) is 3.95. The number of piperazine rings is 1. The fraction of sp³-hybridized carbons (Fsp3) is 0.471. The first-order valence-corrected chi connectivity index (χ1v) is 7.51. The predicted molar refractivity (Wildman–Crippen MR) is 83.4 cm³/mol. The summed E-state index contributed by atoms with van der Waals surface area (Å²) in [6.45, 7) is 9.00. The number of nitrogens with zero attached hydrogens (tertiary/aromatic N) is 2. The van der Waals surface area contributed by atoms with Crippen LogP contribution in [0.25, 0.3) is 5.57 Å². The molecule has 0 radical (unpaired) electrons. The van der Waals surface area contributed by atoms with E-state index >= 15 is 0 Å². The number of likely N-dealkylation sites (N-methyl/N-ethyl adjacent to an activating group) is 1. The average molecular weight is 272 g/mol. The van der Waals surface area contributed by atoms with E-state index in [4.69, 9.17) is 0 Å². The lowest BCUT2D eigenvalue weighted by molar-refractivity contribution is -0.127. The van der Waals surface area contributed by atoms with Crippen LogP contribution in [0.3, 0.4) is 0 Å². The smallest absolute Gasteiger partial charge is 0.246 e. The number of carbonyl (C=O) groups excluding carboxylic acids is 1. The molecule has 1 fully saturated rings. The second-order valence-corrected chi connectivity index (χ2v) is 5.15. The molecule has 1 saturated heterocycles. The Morgan fingerprint density at radius 2 is 1.75 bits per heavy atom. The molecule has 3 nitrogen and oxygen atoms in total. The molecule has 20 heavy (non-hydrogen) atoms. The molecule has 2 rings (SSSR count). The normalized spacial score (nSPS) is 17.3. The molecule has 0 unspecified atom stereocenters. The maximum absolute atomic E-state index is 12.4. The van der Waals surface area contributed by atoms with Crippen LogP contribution in [0.2, 0.25) is 0 Å². The Labute approximate surface area is 121 Å². The quantitative estimate of drug-likeness (QED) is 0.787. The van der Waals surface area contributed by atoms with Crippen molar-refractivity contribution in [3.63, 3.8) is 0 Å². The summed E-state index contributed by atoms with van der Waals surface area (Å²) in [4.78, 5) is 16.7. The Morgan fingerprint density at radius 3 is 2.30 bits per heavy atom. The fourth-order valence-corrected chi connectivity index (χ4v) is 2.57. The molecule has 0 aliphatic carbocycles. The van der Waals surface area contributed by atoms with Gasteiger partial charge in [0.05, 0.1) is 0 Å². The Morgan fingerprint density at radius 1 is 1.10 bits per heavy atom. The average Bonchev–Trinajstić information content (AvgIpc) is 2.53. The summed E-state index contributed by atoms with van der Waals surface area (Å²) in [5.74, 6) is 0.154. The van der Waals surface area contributed by atoms with Gasteiger partial charge in [-0.2, -0.15) is 0 Å². The second-order valence-electron chi connectivity index (χ2n) is 5.15. The van der Waals surface area contributed by atoms with Gasteiger partial charge < -0.3 is 9.80 Å². The van der Waals surface area contributed by atoms with E-state index in [1.807, 2.05) is 29.2 Å². The van der Waals surface area contributed by atoms with Gasteiger partial charge in [0.15, 0.2) is 0 Å². The highest BCUT2D eigenvalue weighted by atomic mass is 16.2. The molecular formula is C17H24N2O. The molecule has 3 heteroatoms. The van der Waals surface area contributed by atoms with Gasteiger partial charge in [-0.05, 0) is 24.1 Å². The molecule has 1 aliphatic rings. The molecule has 1 aromatic carbocycles. The lowest BCUT2D eigenvalue weighted by Gasteiger charge is -2.33. The van der Waals surface area contributed by atoms with E-state index in [1.165, 1.54) is 0 Å². The summed E-state index contributed by atoms with van der Waals surface area (Å²) in [7, 11) is 0. The van der Waals surface area contributed by atoms with Crippen LogP contribution in [0.4, 0.5) is 0 Å². The Bertz CT molecular complexity index is 459. The first-order valence-electron chi connectivity index (χ1n) is 7.51. The van der Waals surface area contributed by atoms with Gasteiger partial charge in [-0.15, -0.1) is 0 Å². The van der Waals surface area contributed by atoms with Crippen LogP contribution in [0.15, 0.2) is 36.4 Å². The van der Waals surface area contributed by atoms with E-state index < -0.39 is 0 Å². The van der Waals surface area contributed by atoms with Crippen LogP contribution in [0.5, 0.6) is 0 Å². The molecule has 0 saturated carbocycles. The zero-order valence-corrected chi connectivity index (χ0v) is 12.5. The molecule has 0 aromatic heterocycles. The Balaban J connectivity index is 2.03. The van der Waals surface area contributed by atoms with E-state index in [2.05, 4.69) is 30.9 Å². The van der Waals surface area contributed by atoms with Crippen LogP contribution in [0, 0.1) is 0 Å². The molecule has 1 aromatic rings. The number of rotatable bonds is 4. The van der Waals surface area contributed by atoms with E-state index in [-0.39, 0.29) is 5.91 Å². The predicted octanol–water partition coefficient (Wildman–Crippen LogP) is 2.64. The van der Waals surface area contributed by atoms with E-state index in [1.54, 1.807) is 0 Å². The van der Waals surface area contributed by atoms with Crippen molar-refractivity contribution in [3.8, 4) is 0 Å². The zero-order chi connectivity index (χ0) is 14.4. The van der Waals surface area contributed by atoms with E-state index in [0.29, 0.717) is 0 Å². The van der Waals surface area contributed by atoms with E-state index in [0.717, 1.165) is 50.3 Å². The molecule has 0 N–H and O–H groups in total. The van der Waals surface area contributed by atoms with Crippen LogP contribution in [0.1, 0.15) is 25.8 Å². The van der Waals surface area contributed by atoms with Crippen molar-refractivity contribution in [2.24, 2.45) is 0 Å². The summed E-state index contributed by atoms with van der Waals surface area (Å²) in [6.07, 6.45) is 2.70. The van der Waals surface area contributed by atoms with Crippen molar-refractivity contribution in [2.75, 3.05) is 32.7 Å². The zero-order valence-electron chi connectivity index (χ0n) is 12.5. The SMILES string of the molecule is CC/C(=C\C(=O)N1CCN(CC)CC1)c1ccccc1. The van der Waals surface area contributed by atoms with Gasteiger partial charge >= 0.3 is 0 Å². The monoisotopic (exact) mass is 272 g/mol. The minimum Gasteiger partial charge on any atom is -0.337 e. The maximum atomic E-state index is 12.4. The van der Waals surface area contributed by atoms with Crippen LogP contribution in [-0.2, 0) is 4.79 Å². The van der Waals surface area contributed by atoms with Crippen LogP contribution >= 0.6 is 0 Å². The second kappa shape index (κ2) is 7.25. The summed E-state index contributed by atoms with van der Waals surface area (Å²) in [5.41, 5.74) is 2.27. The number of benzene rings is 1. The van der Waals surface area contributed by atoms with Crippen LogP contribution in [-0.4, -0.2) is 48.4 Å². The molecule has 0 spiro atoms. The van der Waals surface area contributed by atoms with E-state index in [9.17, 15) is 4.79 Å². The lowest BCUT2D eigenvalue weighted by Crippen LogP contribution is -2.48. The molecule has 1 aliphatic heterocycles. The Hall–Kier alpha value is -1.61. The van der Waals surface area contributed by atoms with Gasteiger partial charge in [-0.1, -0.05) is 44.2 Å². The molecule has 0 atom stereocenters. The van der Waals surface area contributed by atoms with Gasteiger partial charge in [-0.3, -0.25) is 4.79 Å². The maximum Gasteiger partial charge on any atom is 0.246 e. The minimum atomic E-state index is 0.154. The summed E-state index contributed by atoms with van der Waals surface area (Å²) >= 11 is 0. The third kappa shape index (κ3) is 3.70. The molecule has 1 amide bonds. The number of hydrogen-bond acceptors (Lipinski definition) is 2. The Kier molecular flexibility index (Phi) is 5.36. The highest BCUT2D eigenvalue weighted by molar-refractivity contribution is 5.95. The standard InChI is InChI=1S/C17H24N2O/c1-3-15(16-8-6-5-7-9-16)14-17(20)19-12-10-18(4-2)11-13-19/h5-9,14H,3-4,10-13H2,1-2H3/b15-14+. The van der Waals surface area contributed by atoms with Gasteiger partial charge in [0, 0.05) is 32.3 Å². The highest BCUT2D eigenvalue weighted by Gasteiger charge is 2.19. The van der Waals surface area contributed by atoms with Crippen molar-refractivity contribution < 1.29 is 4.79 Å². The summed E-state index contributed by atoms with van der Waals surface area (Å²) in [5, 5.41) is 0. The minimum absolute atomic E-state index is 0.154. The molecule has 1 heterocycles. The van der Waals surface area contributed by atoms with Gasteiger partial charge in [0.1, 0.15) is 0 Å². The highest BCUT2D eigenvalue weighted by Crippen LogP contribution is 2.18. The summed E-state index contributed by atoms with van der Waals surface area (Å²) < 4.78 is 0. The van der Waals surface area contributed by atoms with Gasteiger partial charge in [0.25, 0.3) is 0 Å². The van der Waals surface area contributed by atoms with Crippen molar-refractivity contribution >= 4 is 11.5 Å². The van der Waals surface area contributed by atoms with Crippen molar-refractivity contribution in [1.29, 1.82) is 0 Å². The van der Waals surface area contributed by atoms with Gasteiger partial charge in [0.2, 0.25) is 5.91 Å². The van der Waals surface area contributed by atoms with Gasteiger partial charge in [-0.25, -0.2) is 0 Å². The van der Waals surface area contributed by atoms with Crippen molar-refractivity contribution in [1.82, 2.24) is 9.80 Å². The number of allylic oxidation sites excluding steroid dienone is 1. The third-order valence-electron chi connectivity index (χ3n) is 3.95. The first kappa shape index (κ1) is 14.8. The fourth-order valence-electron chi connectivity index (χ4n) is 2.57. The first-order chi connectivity index (χ1) is 9.74. The topological polar surface area (TPSA) is 23.6 Å². The van der Waals surface area contributed by atoms with Crippen molar-refractivity contribution in [3.05, 3.63) is 42.0 Å². The number of carbonyl (C=O) groups is 1. The lowest BCUT2D eigenvalue weighted by atomic mass is 10.0. The largest absolute Gasteiger partial charge is 0.337 e. The number of amides is 1. The van der Waals surface area contributed by atoms with Crippen LogP contribution < -0.4 is 0 Å². The molecule has 0 bridgehead atoms. The molecule has 108 valence electrons. The number of hydrogen-bond donors (Lipinski definition) is 0. The molecular weight excluding hydrogens is 248 g/mol. The summed E-state index contributed by atoms with van der Waals surface area (Å²) in [6, 6.07) is 10.2.